The van der Waals surface area contributed by atoms with E-state index >= 15 is 0 Å². The molecule has 0 aliphatic heterocycles. The molecule has 0 saturated carbocycles. The molecule has 0 fully saturated rings. The number of benzene rings is 2. The molecule has 0 heterocycles. The Morgan fingerprint density at radius 2 is 1.50 bits per heavy atom. The Kier molecular flexibility index (Phi) is 4.41. The molecule has 2 rings (SSSR count). The molecule has 0 saturated heterocycles. The Labute approximate surface area is 118 Å². The van der Waals surface area contributed by atoms with Crippen LogP contribution >= 0.6 is 0 Å². The average molecular weight is 266 g/mol. The number of rotatable bonds is 3. The number of ether oxygens (including phenoxy) is 2. The molecule has 0 atom stereocenters. The fourth-order valence-corrected chi connectivity index (χ4v) is 1.77. The molecule has 20 heavy (non-hydrogen) atoms. The molecule has 0 aliphatic rings. The van der Waals surface area contributed by atoms with Crippen molar-refractivity contribution in [3.05, 3.63) is 59.7 Å². The standard InChI is InChI=1S/C17H14O3/c1-19-16-9-5-3-7-13(16)11-12-15(18)14-8-4-6-10-17(14)20-2/h3-10H,1-2H3. The monoisotopic (exact) mass is 266 g/mol. The van der Waals surface area contributed by atoms with E-state index in [9.17, 15) is 4.79 Å². The zero-order valence-electron chi connectivity index (χ0n) is 11.3. The summed E-state index contributed by atoms with van der Waals surface area (Å²) in [5.41, 5.74) is 1.13. The number of methoxy groups -OCH3 is 2. The van der Waals surface area contributed by atoms with Gasteiger partial charge in [-0.1, -0.05) is 30.2 Å². The number of hydrogen-bond acceptors (Lipinski definition) is 3. The fourth-order valence-electron chi connectivity index (χ4n) is 1.77. The van der Waals surface area contributed by atoms with E-state index in [1.807, 2.05) is 18.2 Å². The number of carbonyl (C=O) groups excluding carboxylic acids is 1. The normalized spacial score (nSPS) is 9.30. The number of Topliss-reactive ketones (excluding diaryl/α,β-unsaturated/α-hetero) is 1. The van der Waals surface area contributed by atoms with Crippen LogP contribution in [-0.2, 0) is 0 Å². The first-order valence-corrected chi connectivity index (χ1v) is 6.08. The highest BCUT2D eigenvalue weighted by molar-refractivity contribution is 6.11. The van der Waals surface area contributed by atoms with Crippen LogP contribution in [0.5, 0.6) is 11.5 Å². The Morgan fingerprint density at radius 3 is 2.20 bits per heavy atom. The van der Waals surface area contributed by atoms with Crippen LogP contribution in [0.25, 0.3) is 0 Å². The van der Waals surface area contributed by atoms with Crippen LogP contribution in [0.15, 0.2) is 48.5 Å². The van der Waals surface area contributed by atoms with Gasteiger partial charge in [0.05, 0.1) is 25.3 Å². The van der Waals surface area contributed by atoms with Crippen molar-refractivity contribution in [3.8, 4) is 23.3 Å². The first-order valence-electron chi connectivity index (χ1n) is 6.08. The lowest BCUT2D eigenvalue weighted by Crippen LogP contribution is -1.99. The van der Waals surface area contributed by atoms with Crippen molar-refractivity contribution < 1.29 is 14.3 Å². The molecular weight excluding hydrogens is 252 g/mol. The van der Waals surface area contributed by atoms with Gasteiger partial charge in [-0.15, -0.1) is 0 Å². The minimum Gasteiger partial charge on any atom is -0.496 e. The third-order valence-corrected chi connectivity index (χ3v) is 2.77. The van der Waals surface area contributed by atoms with Crippen LogP contribution in [0.1, 0.15) is 15.9 Å². The minimum atomic E-state index is -0.284. The van der Waals surface area contributed by atoms with Gasteiger partial charge in [-0.3, -0.25) is 4.79 Å². The molecule has 0 radical (unpaired) electrons. The predicted octanol–water partition coefficient (Wildman–Crippen LogP) is 2.94. The Morgan fingerprint density at radius 1 is 0.900 bits per heavy atom. The van der Waals surface area contributed by atoms with Gasteiger partial charge < -0.3 is 9.47 Å². The van der Waals surface area contributed by atoms with Crippen molar-refractivity contribution in [1.29, 1.82) is 0 Å². The van der Waals surface area contributed by atoms with Crippen LogP contribution in [0.2, 0.25) is 0 Å². The lowest BCUT2D eigenvalue weighted by molar-refractivity contribution is 0.105. The summed E-state index contributed by atoms with van der Waals surface area (Å²) >= 11 is 0. The molecule has 0 spiro atoms. The average Bonchev–Trinajstić information content (AvgIpc) is 2.52. The van der Waals surface area contributed by atoms with E-state index in [1.54, 1.807) is 37.4 Å². The molecule has 0 aromatic heterocycles. The van der Waals surface area contributed by atoms with Crippen molar-refractivity contribution in [1.82, 2.24) is 0 Å². The summed E-state index contributed by atoms with van der Waals surface area (Å²) in [7, 11) is 3.10. The van der Waals surface area contributed by atoms with Gasteiger partial charge in [0.15, 0.2) is 0 Å². The highest BCUT2D eigenvalue weighted by Crippen LogP contribution is 2.18. The van der Waals surface area contributed by atoms with E-state index in [0.29, 0.717) is 22.6 Å². The van der Waals surface area contributed by atoms with Crippen LogP contribution in [0.4, 0.5) is 0 Å². The smallest absolute Gasteiger partial charge is 0.239 e. The van der Waals surface area contributed by atoms with Crippen molar-refractivity contribution in [2.45, 2.75) is 0 Å². The molecule has 0 unspecified atom stereocenters. The van der Waals surface area contributed by atoms with Gasteiger partial charge in [0.1, 0.15) is 11.5 Å². The first-order chi connectivity index (χ1) is 9.76. The molecule has 2 aromatic carbocycles. The SMILES string of the molecule is COc1ccccc1C#CC(=O)c1ccccc1OC. The summed E-state index contributed by atoms with van der Waals surface area (Å²) in [5, 5.41) is 0. The molecule has 0 amide bonds. The predicted molar refractivity (Wildman–Crippen MR) is 77.2 cm³/mol. The third kappa shape index (κ3) is 2.99. The lowest BCUT2D eigenvalue weighted by Gasteiger charge is -2.03. The molecule has 2 aromatic rings. The van der Waals surface area contributed by atoms with E-state index in [1.165, 1.54) is 7.11 Å². The molecular formula is C17H14O3. The number of carbonyl (C=O) groups is 1. The molecule has 3 heteroatoms. The molecule has 3 nitrogen and oxygen atoms in total. The van der Waals surface area contributed by atoms with Crippen LogP contribution in [-0.4, -0.2) is 20.0 Å². The zero-order valence-corrected chi connectivity index (χ0v) is 11.3. The van der Waals surface area contributed by atoms with E-state index in [4.69, 9.17) is 9.47 Å². The van der Waals surface area contributed by atoms with E-state index < -0.39 is 0 Å². The maximum atomic E-state index is 12.1. The van der Waals surface area contributed by atoms with Gasteiger partial charge in [-0.05, 0) is 30.2 Å². The van der Waals surface area contributed by atoms with Crippen molar-refractivity contribution >= 4 is 5.78 Å². The molecule has 0 N–H and O–H groups in total. The van der Waals surface area contributed by atoms with Gasteiger partial charge in [0.25, 0.3) is 0 Å². The molecule has 0 bridgehead atoms. The van der Waals surface area contributed by atoms with Gasteiger partial charge in [-0.2, -0.15) is 0 Å². The molecule has 0 aliphatic carbocycles. The first kappa shape index (κ1) is 13.7. The summed E-state index contributed by atoms with van der Waals surface area (Å²) < 4.78 is 10.3. The second kappa shape index (κ2) is 6.44. The van der Waals surface area contributed by atoms with Gasteiger partial charge in [0, 0.05) is 0 Å². The van der Waals surface area contributed by atoms with E-state index in [2.05, 4.69) is 11.8 Å². The van der Waals surface area contributed by atoms with Crippen LogP contribution in [0, 0.1) is 11.8 Å². The molecule has 100 valence electrons. The zero-order chi connectivity index (χ0) is 14.4. The largest absolute Gasteiger partial charge is 0.496 e. The quantitative estimate of drug-likeness (QED) is 0.633. The fraction of sp³-hybridized carbons (Fsp3) is 0.118. The second-order valence-corrected chi connectivity index (χ2v) is 3.98. The third-order valence-electron chi connectivity index (χ3n) is 2.77. The van der Waals surface area contributed by atoms with Gasteiger partial charge in [0.2, 0.25) is 5.78 Å². The van der Waals surface area contributed by atoms with E-state index in [0.717, 1.165) is 0 Å². The summed E-state index contributed by atoms with van der Waals surface area (Å²) in [6.07, 6.45) is 0. The maximum absolute atomic E-state index is 12.1. The topological polar surface area (TPSA) is 35.5 Å². The Balaban J connectivity index is 2.31. The van der Waals surface area contributed by atoms with Crippen LogP contribution < -0.4 is 9.47 Å². The maximum Gasteiger partial charge on any atom is 0.239 e. The number of para-hydroxylation sites is 2. The summed E-state index contributed by atoms with van der Waals surface area (Å²) in [5.74, 6) is 6.33. The van der Waals surface area contributed by atoms with E-state index in [-0.39, 0.29) is 5.78 Å². The second-order valence-electron chi connectivity index (χ2n) is 3.98. The highest BCUT2D eigenvalue weighted by Gasteiger charge is 2.08. The number of ketones is 1. The Bertz CT molecular complexity index is 678. The summed E-state index contributed by atoms with van der Waals surface area (Å²) in [6.45, 7) is 0. The van der Waals surface area contributed by atoms with Crippen molar-refractivity contribution in [3.63, 3.8) is 0 Å². The number of hydrogen-bond donors (Lipinski definition) is 0. The summed E-state index contributed by atoms with van der Waals surface area (Å²) in [6, 6.07) is 14.3. The lowest BCUT2D eigenvalue weighted by atomic mass is 10.1. The minimum absolute atomic E-state index is 0.284. The van der Waals surface area contributed by atoms with Crippen molar-refractivity contribution in [2.75, 3.05) is 14.2 Å². The Hall–Kier alpha value is -2.73. The van der Waals surface area contributed by atoms with Gasteiger partial charge >= 0.3 is 0 Å². The van der Waals surface area contributed by atoms with Crippen LogP contribution in [0.3, 0.4) is 0 Å². The summed E-state index contributed by atoms with van der Waals surface area (Å²) in [4.78, 5) is 12.1. The highest BCUT2D eigenvalue weighted by atomic mass is 16.5. The van der Waals surface area contributed by atoms with Gasteiger partial charge in [-0.25, -0.2) is 0 Å². The van der Waals surface area contributed by atoms with Crippen molar-refractivity contribution in [2.24, 2.45) is 0 Å².